The Bertz CT molecular complexity index is 1300. The van der Waals surface area contributed by atoms with Gasteiger partial charge in [-0.3, -0.25) is 9.20 Å². The summed E-state index contributed by atoms with van der Waals surface area (Å²) >= 11 is 0. The van der Waals surface area contributed by atoms with Crippen molar-refractivity contribution in [1.82, 2.24) is 19.3 Å². The minimum atomic E-state index is -0.382. The summed E-state index contributed by atoms with van der Waals surface area (Å²) in [5, 5.41) is 0. The number of nitrogen functional groups attached to an aromatic ring is 1. The van der Waals surface area contributed by atoms with Gasteiger partial charge in [-0.05, 0) is 48.4 Å². The number of amides is 1. The molecule has 0 bridgehead atoms. The average Bonchev–Trinajstić information content (AvgIpc) is 3.24. The van der Waals surface area contributed by atoms with Gasteiger partial charge < -0.3 is 15.4 Å². The fourth-order valence-electron chi connectivity index (χ4n) is 4.09. The predicted molar refractivity (Wildman–Crippen MR) is 111 cm³/mol. The Kier molecular flexibility index (Phi) is 4.18. The van der Waals surface area contributed by atoms with Gasteiger partial charge in [-0.2, -0.15) is 0 Å². The molecule has 2 atom stereocenters. The van der Waals surface area contributed by atoms with Gasteiger partial charge in [0.2, 0.25) is 0 Å². The number of likely N-dealkylation sites (N-methyl/N-ethyl adjacent to an activating group) is 1. The molecule has 152 valence electrons. The predicted octanol–water partition coefficient (Wildman–Crippen LogP) is 3.51. The minimum Gasteiger partial charge on any atom is -0.382 e. The van der Waals surface area contributed by atoms with Gasteiger partial charge in [-0.15, -0.1) is 0 Å². The minimum absolute atomic E-state index is 0.146. The van der Waals surface area contributed by atoms with E-state index in [0.29, 0.717) is 29.0 Å². The lowest BCUT2D eigenvalue weighted by molar-refractivity contribution is 0.00478. The summed E-state index contributed by atoms with van der Waals surface area (Å²) in [6.07, 6.45) is 3.13. The number of nitrogens with two attached hydrogens (primary N) is 1. The smallest absolute Gasteiger partial charge is 0.254 e. The number of carbonyl (C=O) groups excluding carboxylic acids is 1. The number of hydrogen-bond acceptors (Lipinski definition) is 5. The molecule has 3 heterocycles. The molecular weight excluding hydrogens is 385 g/mol. The van der Waals surface area contributed by atoms with E-state index >= 15 is 0 Å². The molecule has 0 aliphatic carbocycles. The average molecular weight is 405 g/mol. The third kappa shape index (κ3) is 2.80. The largest absolute Gasteiger partial charge is 0.382 e. The van der Waals surface area contributed by atoms with Gasteiger partial charge in [0.1, 0.15) is 17.2 Å². The molecule has 0 unspecified atom stereocenters. The number of nitrogens with zero attached hydrogens (tertiary/aromatic N) is 4. The van der Waals surface area contributed by atoms with Crippen LogP contribution in [0, 0.1) is 5.82 Å². The molecule has 2 aromatic heterocycles. The quantitative estimate of drug-likeness (QED) is 0.552. The van der Waals surface area contributed by atoms with Gasteiger partial charge in [0, 0.05) is 12.6 Å². The summed E-state index contributed by atoms with van der Waals surface area (Å²) in [4.78, 5) is 23.4. The van der Waals surface area contributed by atoms with E-state index in [4.69, 9.17) is 10.5 Å². The summed E-state index contributed by atoms with van der Waals surface area (Å²) in [5.74, 6) is -0.144. The highest BCUT2D eigenvalue weighted by Crippen LogP contribution is 2.36. The third-order valence-electron chi connectivity index (χ3n) is 5.76. The van der Waals surface area contributed by atoms with Crippen molar-refractivity contribution in [3.8, 4) is 0 Å². The molecule has 0 radical (unpaired) electrons. The summed E-state index contributed by atoms with van der Waals surface area (Å²) < 4.78 is 21.6. The molecule has 4 aromatic rings. The third-order valence-corrected chi connectivity index (χ3v) is 5.76. The van der Waals surface area contributed by atoms with Gasteiger partial charge >= 0.3 is 0 Å². The van der Waals surface area contributed by atoms with Crippen LogP contribution in [0.5, 0.6) is 0 Å². The number of ether oxygens (including phenoxy) is 1. The first-order valence-corrected chi connectivity index (χ1v) is 9.63. The molecule has 0 spiro atoms. The van der Waals surface area contributed by atoms with Gasteiger partial charge in [0.05, 0.1) is 42.3 Å². The molecular formula is C22H20FN5O2. The Balaban J connectivity index is 1.55. The second-order valence-corrected chi connectivity index (χ2v) is 7.53. The highest BCUT2D eigenvalue weighted by atomic mass is 19.1. The number of benzene rings is 2. The monoisotopic (exact) mass is 405 g/mol. The van der Waals surface area contributed by atoms with E-state index in [0.717, 1.165) is 16.6 Å². The van der Waals surface area contributed by atoms with Crippen LogP contribution in [0.2, 0.25) is 0 Å². The van der Waals surface area contributed by atoms with Crippen LogP contribution in [0.15, 0.2) is 48.9 Å². The zero-order valence-corrected chi connectivity index (χ0v) is 16.5. The van der Waals surface area contributed by atoms with Crippen molar-refractivity contribution in [1.29, 1.82) is 0 Å². The van der Waals surface area contributed by atoms with Crippen LogP contribution in [-0.4, -0.2) is 38.8 Å². The van der Waals surface area contributed by atoms with Crippen LogP contribution in [0.4, 0.5) is 10.2 Å². The zero-order chi connectivity index (χ0) is 21.0. The van der Waals surface area contributed by atoms with Crippen LogP contribution < -0.4 is 5.73 Å². The van der Waals surface area contributed by atoms with Gasteiger partial charge in [0.15, 0.2) is 0 Å². The van der Waals surface area contributed by atoms with E-state index in [9.17, 15) is 9.18 Å². The first-order chi connectivity index (χ1) is 14.4. The number of anilines is 1. The summed E-state index contributed by atoms with van der Waals surface area (Å²) in [6.45, 7) is 2.23. The topological polar surface area (TPSA) is 85.8 Å². The van der Waals surface area contributed by atoms with E-state index in [1.807, 2.05) is 11.3 Å². The Morgan fingerprint density at radius 3 is 2.90 bits per heavy atom. The molecule has 1 amide bonds. The van der Waals surface area contributed by atoms with Crippen molar-refractivity contribution in [3.05, 3.63) is 71.4 Å². The molecule has 0 fully saturated rings. The van der Waals surface area contributed by atoms with E-state index in [1.165, 1.54) is 12.1 Å². The lowest BCUT2D eigenvalue weighted by Gasteiger charge is -2.36. The Morgan fingerprint density at radius 2 is 2.07 bits per heavy atom. The lowest BCUT2D eigenvalue weighted by Crippen LogP contribution is -2.37. The molecule has 0 saturated carbocycles. The van der Waals surface area contributed by atoms with Crippen molar-refractivity contribution in [3.63, 3.8) is 0 Å². The number of rotatable bonds is 2. The van der Waals surface area contributed by atoms with Gasteiger partial charge in [0.25, 0.3) is 5.91 Å². The van der Waals surface area contributed by atoms with E-state index < -0.39 is 0 Å². The maximum atomic E-state index is 13.9. The van der Waals surface area contributed by atoms with E-state index in [2.05, 4.69) is 9.97 Å². The highest BCUT2D eigenvalue weighted by molar-refractivity contribution is 5.98. The van der Waals surface area contributed by atoms with E-state index in [-0.39, 0.29) is 23.9 Å². The van der Waals surface area contributed by atoms with Crippen LogP contribution >= 0.6 is 0 Å². The van der Waals surface area contributed by atoms with Crippen molar-refractivity contribution in [2.75, 3.05) is 19.4 Å². The number of fused-ring (bicyclic) bond motifs is 4. The molecule has 2 aromatic carbocycles. The normalized spacial score (nSPS) is 18.5. The summed E-state index contributed by atoms with van der Waals surface area (Å²) in [6, 6.07) is 9.50. The SMILES string of the molecule is C[C@H]1OC[C@@H](N(C)C(=O)c2ccc3nc(N)c4cncn4c3c2)c2cc(F)ccc21. The first kappa shape index (κ1) is 18.5. The summed E-state index contributed by atoms with van der Waals surface area (Å²) in [5.41, 5.74) is 10.2. The Morgan fingerprint density at radius 1 is 1.23 bits per heavy atom. The van der Waals surface area contributed by atoms with Crippen LogP contribution in [-0.2, 0) is 4.74 Å². The first-order valence-electron chi connectivity index (χ1n) is 9.63. The fourth-order valence-corrected chi connectivity index (χ4v) is 4.09. The Hall–Kier alpha value is -3.52. The lowest BCUT2D eigenvalue weighted by atomic mass is 9.93. The molecule has 2 N–H and O–H groups in total. The highest BCUT2D eigenvalue weighted by Gasteiger charge is 2.31. The van der Waals surface area contributed by atoms with Crippen molar-refractivity contribution < 1.29 is 13.9 Å². The molecule has 5 rings (SSSR count). The number of imidazole rings is 1. The number of carbonyl (C=O) groups is 1. The second-order valence-electron chi connectivity index (χ2n) is 7.53. The van der Waals surface area contributed by atoms with Crippen molar-refractivity contribution in [2.24, 2.45) is 0 Å². The van der Waals surface area contributed by atoms with Crippen LogP contribution in [0.25, 0.3) is 16.6 Å². The molecule has 7 nitrogen and oxygen atoms in total. The second kappa shape index (κ2) is 6.77. The standard InChI is InChI=1S/C22H20FN5O2/c1-12-15-5-4-14(23)8-16(15)20(10-30-12)27(2)22(29)13-3-6-17-18(7-13)28-11-25-9-19(28)21(24)26-17/h3-9,11-12,20H,10H2,1-2H3,(H2,24,26)/t12-,20-/m1/s1. The number of halogens is 1. The van der Waals surface area contributed by atoms with Crippen molar-refractivity contribution >= 4 is 28.3 Å². The Labute approximate surface area is 171 Å². The number of aromatic nitrogens is 3. The molecule has 1 aliphatic rings. The van der Waals surface area contributed by atoms with Gasteiger partial charge in [-0.1, -0.05) is 6.07 Å². The van der Waals surface area contributed by atoms with Crippen LogP contribution in [0.1, 0.15) is 40.6 Å². The van der Waals surface area contributed by atoms with E-state index in [1.54, 1.807) is 48.7 Å². The zero-order valence-electron chi connectivity index (χ0n) is 16.5. The number of hydrogen-bond donors (Lipinski definition) is 1. The maximum Gasteiger partial charge on any atom is 0.254 e. The molecule has 30 heavy (non-hydrogen) atoms. The summed E-state index contributed by atoms with van der Waals surface area (Å²) in [7, 11) is 1.71. The molecule has 0 saturated heterocycles. The van der Waals surface area contributed by atoms with Crippen LogP contribution in [0.3, 0.4) is 0 Å². The molecule has 1 aliphatic heterocycles. The van der Waals surface area contributed by atoms with Gasteiger partial charge in [-0.25, -0.2) is 14.4 Å². The molecule has 8 heteroatoms. The fraction of sp³-hybridized carbons (Fsp3) is 0.227. The van der Waals surface area contributed by atoms with Crippen molar-refractivity contribution in [2.45, 2.75) is 19.1 Å². The maximum absolute atomic E-state index is 13.9.